The molecule has 0 radical (unpaired) electrons. The van der Waals surface area contributed by atoms with Gasteiger partial charge in [-0.3, -0.25) is 0 Å². The summed E-state index contributed by atoms with van der Waals surface area (Å²) < 4.78 is 33.5. The number of hydrogen-bond acceptors (Lipinski definition) is 4. The Morgan fingerprint density at radius 3 is 2.40 bits per heavy atom. The Morgan fingerprint density at radius 2 is 1.70 bits per heavy atom. The Hall–Kier alpha value is -2.15. The average Bonchev–Trinajstić information content (AvgIpc) is 3.21. The SMILES string of the molecule is CN(C)C1CCC(COCc2cccc3c2ccn3S(=O)(=O)c2ccccc2)CC1. The van der Waals surface area contributed by atoms with E-state index in [2.05, 4.69) is 19.0 Å². The van der Waals surface area contributed by atoms with E-state index < -0.39 is 10.0 Å². The Labute approximate surface area is 179 Å². The molecule has 0 unspecified atom stereocenters. The summed E-state index contributed by atoms with van der Waals surface area (Å²) in [6, 6.07) is 16.9. The molecule has 0 amide bonds. The van der Waals surface area contributed by atoms with E-state index in [1.807, 2.05) is 30.3 Å². The summed E-state index contributed by atoms with van der Waals surface area (Å²) in [6.45, 7) is 1.26. The summed E-state index contributed by atoms with van der Waals surface area (Å²) >= 11 is 0. The van der Waals surface area contributed by atoms with Crippen molar-refractivity contribution in [3.63, 3.8) is 0 Å². The third-order valence-electron chi connectivity index (χ3n) is 6.25. The summed E-state index contributed by atoms with van der Waals surface area (Å²) in [6.07, 6.45) is 6.52. The van der Waals surface area contributed by atoms with E-state index in [1.165, 1.54) is 29.7 Å². The minimum atomic E-state index is -3.62. The van der Waals surface area contributed by atoms with Gasteiger partial charge in [-0.2, -0.15) is 0 Å². The average molecular weight is 427 g/mol. The van der Waals surface area contributed by atoms with Crippen molar-refractivity contribution in [1.29, 1.82) is 0 Å². The van der Waals surface area contributed by atoms with Crippen molar-refractivity contribution < 1.29 is 13.2 Å². The number of aromatic nitrogens is 1. The van der Waals surface area contributed by atoms with Gasteiger partial charge in [-0.15, -0.1) is 0 Å². The van der Waals surface area contributed by atoms with Crippen LogP contribution >= 0.6 is 0 Å². The second-order valence-corrected chi connectivity index (χ2v) is 10.2. The molecule has 0 spiro atoms. The quantitative estimate of drug-likeness (QED) is 0.558. The van der Waals surface area contributed by atoms with Crippen LogP contribution < -0.4 is 0 Å². The van der Waals surface area contributed by atoms with Crippen molar-refractivity contribution in [2.45, 2.75) is 43.2 Å². The Kier molecular flexibility index (Phi) is 6.27. The van der Waals surface area contributed by atoms with Crippen molar-refractivity contribution in [3.8, 4) is 0 Å². The molecule has 1 aliphatic rings. The number of nitrogens with zero attached hydrogens (tertiary/aromatic N) is 2. The van der Waals surface area contributed by atoms with Crippen molar-refractivity contribution in [2.75, 3.05) is 20.7 Å². The first kappa shape index (κ1) is 21.1. The zero-order chi connectivity index (χ0) is 21.1. The summed E-state index contributed by atoms with van der Waals surface area (Å²) in [5.41, 5.74) is 1.71. The van der Waals surface area contributed by atoms with E-state index in [-0.39, 0.29) is 4.90 Å². The van der Waals surface area contributed by atoms with Crippen molar-refractivity contribution in [1.82, 2.24) is 8.87 Å². The lowest BCUT2D eigenvalue weighted by molar-refractivity contribution is 0.0627. The molecule has 3 aromatic rings. The zero-order valence-electron chi connectivity index (χ0n) is 17.7. The largest absolute Gasteiger partial charge is 0.376 e. The van der Waals surface area contributed by atoms with E-state index in [4.69, 9.17) is 4.74 Å². The van der Waals surface area contributed by atoms with E-state index >= 15 is 0 Å². The highest BCUT2D eigenvalue weighted by atomic mass is 32.2. The number of benzene rings is 2. The first-order chi connectivity index (χ1) is 14.5. The van der Waals surface area contributed by atoms with Crippen LogP contribution in [0.2, 0.25) is 0 Å². The molecule has 0 saturated heterocycles. The molecule has 2 aromatic carbocycles. The van der Waals surface area contributed by atoms with Gasteiger partial charge in [0.1, 0.15) is 0 Å². The van der Waals surface area contributed by atoms with E-state index in [1.54, 1.807) is 30.5 Å². The number of fused-ring (bicyclic) bond motifs is 1. The minimum Gasteiger partial charge on any atom is -0.376 e. The molecule has 1 aliphatic carbocycles. The summed E-state index contributed by atoms with van der Waals surface area (Å²) in [5.74, 6) is 0.614. The molecule has 0 N–H and O–H groups in total. The number of ether oxygens (including phenoxy) is 1. The lowest BCUT2D eigenvalue weighted by atomic mass is 9.86. The van der Waals surface area contributed by atoms with Gasteiger partial charge in [0.2, 0.25) is 0 Å². The van der Waals surface area contributed by atoms with Crippen LogP contribution in [0, 0.1) is 5.92 Å². The number of rotatable bonds is 7. The van der Waals surface area contributed by atoms with Gasteiger partial charge >= 0.3 is 0 Å². The van der Waals surface area contributed by atoms with E-state index in [0.29, 0.717) is 24.1 Å². The molecular weight excluding hydrogens is 396 g/mol. The van der Waals surface area contributed by atoms with Gasteiger partial charge in [0.15, 0.2) is 0 Å². The van der Waals surface area contributed by atoms with Gasteiger partial charge in [0, 0.05) is 24.2 Å². The zero-order valence-corrected chi connectivity index (χ0v) is 18.5. The minimum absolute atomic E-state index is 0.289. The maximum absolute atomic E-state index is 13.0. The standard InChI is InChI=1S/C24H30N2O3S/c1-25(2)21-13-11-19(12-14-21)17-29-18-20-7-6-10-24-23(20)15-16-26(24)30(27,28)22-8-4-3-5-9-22/h3-10,15-16,19,21H,11-14,17-18H2,1-2H3. The molecule has 1 saturated carbocycles. The molecule has 1 fully saturated rings. The molecule has 1 heterocycles. The molecular formula is C24H30N2O3S. The van der Waals surface area contributed by atoms with Crippen molar-refractivity contribution in [2.24, 2.45) is 5.92 Å². The Balaban J connectivity index is 1.45. The summed E-state index contributed by atoms with van der Waals surface area (Å²) in [7, 11) is 0.701. The van der Waals surface area contributed by atoms with Crippen molar-refractivity contribution in [3.05, 3.63) is 66.4 Å². The summed E-state index contributed by atoms with van der Waals surface area (Å²) in [4.78, 5) is 2.61. The maximum Gasteiger partial charge on any atom is 0.268 e. The van der Waals surface area contributed by atoms with Gasteiger partial charge in [-0.1, -0.05) is 30.3 Å². The monoisotopic (exact) mass is 426 g/mol. The van der Waals surface area contributed by atoms with Crippen LogP contribution in [0.3, 0.4) is 0 Å². The third-order valence-corrected chi connectivity index (χ3v) is 7.95. The second-order valence-electron chi connectivity index (χ2n) is 8.43. The van der Waals surface area contributed by atoms with Crippen LogP contribution in [0.1, 0.15) is 31.2 Å². The molecule has 30 heavy (non-hydrogen) atoms. The fraction of sp³-hybridized carbons (Fsp3) is 0.417. The van der Waals surface area contributed by atoms with Crippen LogP contribution in [0.5, 0.6) is 0 Å². The fourth-order valence-electron chi connectivity index (χ4n) is 4.41. The molecule has 6 heteroatoms. The molecule has 5 nitrogen and oxygen atoms in total. The second kappa shape index (κ2) is 8.92. The highest BCUT2D eigenvalue weighted by Crippen LogP contribution is 2.28. The van der Waals surface area contributed by atoms with Crippen LogP contribution in [-0.4, -0.2) is 44.0 Å². The maximum atomic E-state index is 13.0. The topological polar surface area (TPSA) is 51.5 Å². The normalized spacial score (nSPS) is 20.1. The molecule has 4 rings (SSSR count). The molecule has 1 aromatic heterocycles. The third kappa shape index (κ3) is 4.31. The first-order valence-electron chi connectivity index (χ1n) is 10.6. The smallest absolute Gasteiger partial charge is 0.268 e. The van der Waals surface area contributed by atoms with Crippen LogP contribution in [0.15, 0.2) is 65.7 Å². The predicted octanol–water partition coefficient (Wildman–Crippen LogP) is 4.52. The van der Waals surface area contributed by atoms with Crippen LogP contribution in [-0.2, 0) is 21.4 Å². The van der Waals surface area contributed by atoms with Gasteiger partial charge in [-0.25, -0.2) is 12.4 Å². The molecule has 0 atom stereocenters. The Morgan fingerprint density at radius 1 is 0.967 bits per heavy atom. The van der Waals surface area contributed by atoms with Gasteiger partial charge in [0.25, 0.3) is 10.0 Å². The van der Waals surface area contributed by atoms with Crippen LogP contribution in [0.4, 0.5) is 0 Å². The van der Waals surface area contributed by atoms with Gasteiger partial charge < -0.3 is 9.64 Å². The highest BCUT2D eigenvalue weighted by molar-refractivity contribution is 7.90. The van der Waals surface area contributed by atoms with E-state index in [9.17, 15) is 8.42 Å². The van der Waals surface area contributed by atoms with Gasteiger partial charge in [0.05, 0.1) is 17.0 Å². The lowest BCUT2D eigenvalue weighted by Gasteiger charge is -2.32. The molecule has 0 bridgehead atoms. The lowest BCUT2D eigenvalue weighted by Crippen LogP contribution is -2.33. The number of hydrogen-bond donors (Lipinski definition) is 0. The first-order valence-corrected chi connectivity index (χ1v) is 12.0. The predicted molar refractivity (Wildman–Crippen MR) is 120 cm³/mol. The Bertz CT molecular complexity index is 1080. The highest BCUT2D eigenvalue weighted by Gasteiger charge is 2.23. The van der Waals surface area contributed by atoms with Crippen LogP contribution in [0.25, 0.3) is 10.9 Å². The van der Waals surface area contributed by atoms with E-state index in [0.717, 1.165) is 17.6 Å². The summed E-state index contributed by atoms with van der Waals surface area (Å²) in [5, 5.41) is 0.924. The van der Waals surface area contributed by atoms with Crippen molar-refractivity contribution >= 4 is 20.9 Å². The fourth-order valence-corrected chi connectivity index (χ4v) is 5.78. The van der Waals surface area contributed by atoms with Gasteiger partial charge in [-0.05, 0) is 75.5 Å². The molecule has 160 valence electrons. The molecule has 0 aliphatic heterocycles.